The van der Waals surface area contributed by atoms with E-state index in [0.717, 1.165) is 12.8 Å². The molecule has 2 N–H and O–H groups in total. The number of hydrogen-bond donors (Lipinski definition) is 2. The number of amides is 2. The van der Waals surface area contributed by atoms with Crippen LogP contribution in [0.4, 0.5) is 0 Å². The average molecular weight is 380 g/mol. The van der Waals surface area contributed by atoms with Crippen molar-refractivity contribution in [3.63, 3.8) is 0 Å². The summed E-state index contributed by atoms with van der Waals surface area (Å²) in [5.41, 5.74) is 0. The molecule has 7 heteroatoms. The number of aliphatic hydroxyl groups excluding tert-OH is 1. The zero-order valence-corrected chi connectivity index (χ0v) is 16.7. The van der Waals surface area contributed by atoms with Crippen LogP contribution in [0.3, 0.4) is 0 Å². The van der Waals surface area contributed by atoms with E-state index in [0.29, 0.717) is 6.54 Å². The average Bonchev–Trinajstić information content (AvgIpc) is 2.94. The van der Waals surface area contributed by atoms with Gasteiger partial charge in [0.25, 0.3) is 0 Å². The number of carbonyl (C=O) groups excluding carboxylic acids is 3. The molecule has 6 atom stereocenters. The Morgan fingerprint density at radius 1 is 1.33 bits per heavy atom. The van der Waals surface area contributed by atoms with E-state index in [9.17, 15) is 19.5 Å². The van der Waals surface area contributed by atoms with Crippen LogP contribution in [0.15, 0.2) is 12.2 Å². The number of likely N-dealkylation sites (tertiary alicyclic amines) is 1. The van der Waals surface area contributed by atoms with Crippen LogP contribution in [0.1, 0.15) is 40.5 Å². The lowest BCUT2D eigenvalue weighted by Gasteiger charge is -2.32. The lowest BCUT2D eigenvalue weighted by atomic mass is 9.70. The third-order valence-electron chi connectivity index (χ3n) is 5.60. The Kier molecular flexibility index (Phi) is 7.41. The van der Waals surface area contributed by atoms with Crippen LogP contribution >= 0.6 is 0 Å². The fraction of sp³-hybridized carbons (Fsp3) is 0.750. The summed E-state index contributed by atoms with van der Waals surface area (Å²) in [4.78, 5) is 40.2. The first-order chi connectivity index (χ1) is 12.9. The van der Waals surface area contributed by atoms with E-state index in [1.165, 1.54) is 4.90 Å². The molecule has 0 aromatic rings. The van der Waals surface area contributed by atoms with Crippen molar-refractivity contribution in [2.24, 2.45) is 23.7 Å². The highest BCUT2D eigenvalue weighted by Crippen LogP contribution is 2.44. The molecule has 0 aromatic carbocycles. The lowest BCUT2D eigenvalue weighted by molar-refractivity contribution is -0.155. The van der Waals surface area contributed by atoms with Gasteiger partial charge >= 0.3 is 5.97 Å². The quantitative estimate of drug-likeness (QED) is 0.374. The number of ether oxygens (including phenoxy) is 1. The fourth-order valence-electron chi connectivity index (χ4n) is 4.20. The van der Waals surface area contributed by atoms with Gasteiger partial charge in [0.1, 0.15) is 6.04 Å². The van der Waals surface area contributed by atoms with Crippen molar-refractivity contribution >= 4 is 17.8 Å². The summed E-state index contributed by atoms with van der Waals surface area (Å²) in [6.07, 6.45) is 5.59. The van der Waals surface area contributed by atoms with E-state index in [-0.39, 0.29) is 30.9 Å². The van der Waals surface area contributed by atoms with Gasteiger partial charge in [-0.25, -0.2) is 0 Å². The van der Waals surface area contributed by atoms with Crippen LogP contribution < -0.4 is 5.32 Å². The standard InChI is InChI=1S/C20H32N2O5/c1-5-7-10-21-18(24)17-14-9-8-12(3)15(20(26)27-6-2)16(14)19(25)22(17)13(4)11-23/h8-9,12-17,23H,5-7,10-11H2,1-4H3,(H,21,24)/t12-,13-,14+,15-,16-,17+/m1/s1. The fourth-order valence-corrected chi connectivity index (χ4v) is 4.20. The molecule has 1 aliphatic carbocycles. The first-order valence-electron chi connectivity index (χ1n) is 9.94. The molecule has 1 fully saturated rings. The largest absolute Gasteiger partial charge is 0.466 e. The topological polar surface area (TPSA) is 95.9 Å². The number of esters is 1. The third-order valence-corrected chi connectivity index (χ3v) is 5.60. The smallest absolute Gasteiger partial charge is 0.310 e. The van der Waals surface area contributed by atoms with Crippen LogP contribution in [-0.4, -0.2) is 59.6 Å². The Morgan fingerprint density at radius 3 is 2.63 bits per heavy atom. The monoisotopic (exact) mass is 380 g/mol. The van der Waals surface area contributed by atoms with Gasteiger partial charge in [0.15, 0.2) is 0 Å². The Labute approximate surface area is 161 Å². The van der Waals surface area contributed by atoms with Gasteiger partial charge in [0, 0.05) is 12.5 Å². The van der Waals surface area contributed by atoms with E-state index in [2.05, 4.69) is 5.32 Å². The van der Waals surface area contributed by atoms with Crippen molar-refractivity contribution in [3.8, 4) is 0 Å². The van der Waals surface area contributed by atoms with Crippen LogP contribution in [0.2, 0.25) is 0 Å². The summed E-state index contributed by atoms with van der Waals surface area (Å²) in [7, 11) is 0. The second-order valence-electron chi connectivity index (χ2n) is 7.49. The molecule has 0 radical (unpaired) electrons. The van der Waals surface area contributed by atoms with Crippen molar-refractivity contribution in [2.75, 3.05) is 19.8 Å². The Morgan fingerprint density at radius 2 is 2.04 bits per heavy atom. The van der Waals surface area contributed by atoms with Crippen LogP contribution in [-0.2, 0) is 19.1 Å². The number of fused-ring (bicyclic) bond motifs is 1. The molecule has 2 aliphatic rings. The minimum atomic E-state index is -0.720. The van der Waals surface area contributed by atoms with E-state index < -0.39 is 35.8 Å². The number of aliphatic hydroxyl groups is 1. The number of allylic oxidation sites excluding steroid dienone is 1. The number of nitrogens with one attached hydrogen (secondary N) is 1. The van der Waals surface area contributed by atoms with Gasteiger partial charge < -0.3 is 20.1 Å². The number of unbranched alkanes of at least 4 members (excludes halogenated alkanes) is 1. The zero-order valence-electron chi connectivity index (χ0n) is 16.7. The zero-order chi connectivity index (χ0) is 20.1. The second kappa shape index (κ2) is 9.35. The van der Waals surface area contributed by atoms with Gasteiger partial charge in [-0.15, -0.1) is 0 Å². The summed E-state index contributed by atoms with van der Waals surface area (Å²) >= 11 is 0. The summed E-state index contributed by atoms with van der Waals surface area (Å²) in [6, 6.07) is -1.22. The normalized spacial score (nSPS) is 30.8. The lowest BCUT2D eigenvalue weighted by Crippen LogP contribution is -2.51. The summed E-state index contributed by atoms with van der Waals surface area (Å²) < 4.78 is 5.21. The van der Waals surface area contributed by atoms with Crippen LogP contribution in [0.5, 0.6) is 0 Å². The highest BCUT2D eigenvalue weighted by Gasteiger charge is 2.57. The van der Waals surface area contributed by atoms with Gasteiger partial charge in [0.05, 0.1) is 31.1 Å². The predicted octanol–water partition coefficient (Wildman–Crippen LogP) is 1.11. The molecule has 27 heavy (non-hydrogen) atoms. The summed E-state index contributed by atoms with van der Waals surface area (Å²) in [5, 5.41) is 12.5. The molecule has 2 rings (SSSR count). The van der Waals surface area contributed by atoms with E-state index in [1.807, 2.05) is 26.0 Å². The van der Waals surface area contributed by atoms with Crippen molar-refractivity contribution in [3.05, 3.63) is 12.2 Å². The minimum absolute atomic E-state index is 0.151. The molecule has 152 valence electrons. The van der Waals surface area contributed by atoms with Gasteiger partial charge in [-0.05, 0) is 26.2 Å². The number of rotatable bonds is 8. The first-order valence-corrected chi connectivity index (χ1v) is 9.94. The van der Waals surface area contributed by atoms with Gasteiger partial charge in [-0.1, -0.05) is 32.4 Å². The highest BCUT2D eigenvalue weighted by molar-refractivity contribution is 5.96. The summed E-state index contributed by atoms with van der Waals surface area (Å²) in [5.74, 6) is -2.70. The number of hydrogen-bond acceptors (Lipinski definition) is 5. The maximum Gasteiger partial charge on any atom is 0.310 e. The van der Waals surface area contributed by atoms with E-state index in [1.54, 1.807) is 13.8 Å². The third kappa shape index (κ3) is 4.18. The molecular formula is C20H32N2O5. The van der Waals surface area contributed by atoms with E-state index >= 15 is 0 Å². The molecule has 0 unspecified atom stereocenters. The molecule has 1 saturated heterocycles. The molecule has 1 aliphatic heterocycles. The Balaban J connectivity index is 2.37. The molecule has 7 nitrogen and oxygen atoms in total. The Bertz CT molecular complexity index is 591. The van der Waals surface area contributed by atoms with Crippen molar-refractivity contribution in [1.82, 2.24) is 10.2 Å². The molecule has 0 aromatic heterocycles. The SMILES string of the molecule is CCCCNC(=O)[C@@H]1[C@H]2C=C[C@@H](C)[C@@H](C(=O)OCC)[C@@H]2C(=O)N1[C@H](C)CO. The summed E-state index contributed by atoms with van der Waals surface area (Å²) in [6.45, 7) is 7.92. The van der Waals surface area contributed by atoms with Crippen LogP contribution in [0.25, 0.3) is 0 Å². The predicted molar refractivity (Wildman–Crippen MR) is 101 cm³/mol. The number of carbonyl (C=O) groups is 3. The molecule has 0 saturated carbocycles. The maximum absolute atomic E-state index is 13.2. The van der Waals surface area contributed by atoms with Gasteiger partial charge in [0.2, 0.25) is 11.8 Å². The van der Waals surface area contributed by atoms with E-state index in [4.69, 9.17) is 4.74 Å². The van der Waals surface area contributed by atoms with Gasteiger partial charge in [-0.3, -0.25) is 14.4 Å². The molecule has 2 amide bonds. The van der Waals surface area contributed by atoms with Crippen LogP contribution in [0, 0.1) is 23.7 Å². The van der Waals surface area contributed by atoms with Crippen molar-refractivity contribution < 1.29 is 24.2 Å². The Hall–Kier alpha value is -1.89. The molecule has 1 heterocycles. The van der Waals surface area contributed by atoms with Crippen molar-refractivity contribution in [1.29, 1.82) is 0 Å². The highest BCUT2D eigenvalue weighted by atomic mass is 16.5. The van der Waals surface area contributed by atoms with Crippen molar-refractivity contribution in [2.45, 2.75) is 52.6 Å². The number of nitrogens with zero attached hydrogens (tertiary/aromatic N) is 1. The molecule has 0 bridgehead atoms. The van der Waals surface area contributed by atoms with Gasteiger partial charge in [-0.2, -0.15) is 0 Å². The second-order valence-corrected chi connectivity index (χ2v) is 7.49. The first kappa shape index (κ1) is 21.4. The maximum atomic E-state index is 13.2. The minimum Gasteiger partial charge on any atom is -0.466 e. The molecular weight excluding hydrogens is 348 g/mol. The molecule has 0 spiro atoms.